The summed E-state index contributed by atoms with van der Waals surface area (Å²) in [7, 11) is 0. The van der Waals surface area contributed by atoms with Crippen LogP contribution in [-0.2, 0) is 63.1 Å². The molecule has 0 saturated carbocycles. The Morgan fingerprint density at radius 3 is 1.00 bits per heavy atom. The molecular formula is C92H113F2O5Sc-. The minimum absolute atomic E-state index is 0. The molecule has 8 heteroatoms. The number of hydrogen-bond acceptors (Lipinski definition) is 5. The van der Waals surface area contributed by atoms with E-state index in [2.05, 4.69) is 249 Å². The fourth-order valence-electron chi connectivity index (χ4n) is 15.0. The van der Waals surface area contributed by atoms with Crippen LogP contribution in [0.1, 0.15) is 218 Å². The zero-order valence-electron chi connectivity index (χ0n) is 64.7. The summed E-state index contributed by atoms with van der Waals surface area (Å²) in [5.74, 6) is -0.0109. The maximum Gasteiger partial charge on any atom is 0.131 e. The standard InChI is InChI=1S/C87H102F2O4.C4H8O.CH3.Sc/c1-80(2,3)50-86(19,20)60-44-70(78(90)72(46-60)76-64-32-28-56(82(7,8)9)40-54(64)38-52-24-26-58(42-66(52)76)84(13,14)15)68-48-62(88)30-34-74(68)92-36-23-37-93-75-35-31-63(89)49-69(75)71-45-61(87(21,22)51-81(4,5)6)47-73(79(71)91)77-65-33-29-57(83(10,11)12)41-55(65)39-53-25-27-59(43-67(53)77)85(16,17)18;1-2-4-5-3-1;;/h24-35,38-49,90-91H,23,36-37,50-51H2,1-22H3;1-4H2;1H3;/q;;-1;. The van der Waals surface area contributed by atoms with Crippen LogP contribution in [-0.4, -0.2) is 36.6 Å². The number of halogens is 2. The molecule has 10 aromatic carbocycles. The number of ether oxygens (including phenoxy) is 3. The summed E-state index contributed by atoms with van der Waals surface area (Å²) in [5, 5.41) is 34.7. The van der Waals surface area contributed by atoms with Gasteiger partial charge in [-0.1, -0.05) is 213 Å². The van der Waals surface area contributed by atoms with E-state index in [-0.39, 0.29) is 101 Å². The van der Waals surface area contributed by atoms with E-state index in [1.165, 1.54) is 59.4 Å². The molecule has 1 aliphatic heterocycles. The predicted octanol–water partition coefficient (Wildman–Crippen LogP) is 26.4. The van der Waals surface area contributed by atoms with Gasteiger partial charge in [-0.25, -0.2) is 8.78 Å². The molecule has 1 heterocycles. The second-order valence-electron chi connectivity index (χ2n) is 36.0. The molecule has 0 amide bonds. The van der Waals surface area contributed by atoms with Crippen molar-refractivity contribution in [2.24, 2.45) is 10.8 Å². The van der Waals surface area contributed by atoms with Gasteiger partial charge in [-0.15, -0.1) is 0 Å². The number of benzene rings is 10. The molecular weight excluding hydrogens is 1270 g/mol. The van der Waals surface area contributed by atoms with Gasteiger partial charge in [0.15, 0.2) is 0 Å². The van der Waals surface area contributed by atoms with Crippen LogP contribution in [0.3, 0.4) is 0 Å². The SMILES string of the molecule is C1CCOC1.CC(C)(C)CC(C)(C)c1cc(-c2cc(F)ccc2OCCCOc2ccc(F)cc2-c2cc(C(C)(C)CC(C)(C)C)cc(-c3c4ccc(C(C)(C)C)cc4cc4ccc(C(C)(C)C)cc34)c2O)c(O)c(-c2c3ccc(C(C)(C)C)cc3cc3ccc(C(C)(C)C)cc23)c1.[CH3-].[Sc]. The normalized spacial score (nSPS) is 13.5. The zero-order valence-corrected chi connectivity index (χ0v) is 66.5. The average molecular weight is 1380 g/mol. The second-order valence-corrected chi connectivity index (χ2v) is 36.0. The molecule has 1 fully saturated rings. The molecule has 1 aliphatic rings. The van der Waals surface area contributed by atoms with Gasteiger partial charge < -0.3 is 31.9 Å². The van der Waals surface area contributed by atoms with Crippen molar-refractivity contribution in [3.05, 3.63) is 198 Å². The van der Waals surface area contributed by atoms with E-state index in [0.29, 0.717) is 51.3 Å². The molecule has 0 aromatic heterocycles. The van der Waals surface area contributed by atoms with E-state index in [1.807, 2.05) is 12.1 Å². The van der Waals surface area contributed by atoms with Crippen LogP contribution in [0.5, 0.6) is 23.0 Å². The van der Waals surface area contributed by atoms with Crippen LogP contribution in [0.15, 0.2) is 146 Å². The maximum atomic E-state index is 16.0. The zero-order chi connectivity index (χ0) is 71.6. The summed E-state index contributed by atoms with van der Waals surface area (Å²) in [5.41, 5.74) is 10.5. The van der Waals surface area contributed by atoms with Gasteiger partial charge >= 0.3 is 0 Å². The fourth-order valence-corrected chi connectivity index (χ4v) is 15.0. The van der Waals surface area contributed by atoms with E-state index in [0.717, 1.165) is 91.4 Å². The first-order valence-electron chi connectivity index (χ1n) is 35.7. The quantitative estimate of drug-likeness (QED) is 0.0645. The van der Waals surface area contributed by atoms with Gasteiger partial charge in [0, 0.05) is 90.0 Å². The molecule has 529 valence electrons. The molecule has 1 saturated heterocycles. The molecule has 0 spiro atoms. The van der Waals surface area contributed by atoms with E-state index >= 15 is 8.78 Å². The Labute approximate surface area is 617 Å². The molecule has 10 aromatic rings. The summed E-state index contributed by atoms with van der Waals surface area (Å²) >= 11 is 0. The average Bonchev–Trinajstić information content (AvgIpc) is 0.751. The Morgan fingerprint density at radius 2 is 0.680 bits per heavy atom. The van der Waals surface area contributed by atoms with Gasteiger partial charge in [-0.3, -0.25) is 0 Å². The molecule has 2 N–H and O–H groups in total. The number of phenolic OH excluding ortho intramolecular Hbond substituents is 2. The summed E-state index contributed by atoms with van der Waals surface area (Å²) in [6, 6.07) is 48.8. The molecule has 11 rings (SSSR count). The topological polar surface area (TPSA) is 68.2 Å². The van der Waals surface area contributed by atoms with E-state index in [4.69, 9.17) is 14.2 Å². The van der Waals surface area contributed by atoms with E-state index in [9.17, 15) is 10.2 Å². The summed E-state index contributed by atoms with van der Waals surface area (Å²) in [6.45, 7) is 51.6. The third-order valence-corrected chi connectivity index (χ3v) is 19.7. The Bertz CT molecular complexity index is 4320. The monoisotopic (exact) mass is 1380 g/mol. The largest absolute Gasteiger partial charge is 0.507 e. The van der Waals surface area contributed by atoms with E-state index in [1.54, 1.807) is 12.1 Å². The number of hydrogen-bond donors (Lipinski definition) is 2. The number of fused-ring (bicyclic) bond motifs is 4. The minimum Gasteiger partial charge on any atom is -0.507 e. The molecule has 0 bridgehead atoms. The third-order valence-electron chi connectivity index (χ3n) is 19.7. The van der Waals surface area contributed by atoms with Crippen LogP contribution in [0.2, 0.25) is 0 Å². The van der Waals surface area contributed by atoms with Crippen molar-refractivity contribution in [2.75, 3.05) is 26.4 Å². The number of rotatable bonds is 14. The van der Waals surface area contributed by atoms with Crippen LogP contribution in [0, 0.1) is 29.9 Å². The summed E-state index contributed by atoms with van der Waals surface area (Å²) in [4.78, 5) is 0. The van der Waals surface area contributed by atoms with E-state index < -0.39 is 11.6 Å². The van der Waals surface area contributed by atoms with Crippen molar-refractivity contribution in [1.29, 1.82) is 0 Å². The van der Waals surface area contributed by atoms with Gasteiger partial charge in [0.2, 0.25) is 0 Å². The fraction of sp³-hybridized carbons (Fsp3) is 0.424. The molecule has 0 atom stereocenters. The Morgan fingerprint density at radius 1 is 0.350 bits per heavy atom. The van der Waals surface area contributed by atoms with Crippen molar-refractivity contribution >= 4 is 43.1 Å². The number of phenols is 2. The van der Waals surface area contributed by atoms with Crippen molar-refractivity contribution in [1.82, 2.24) is 0 Å². The molecule has 0 unspecified atom stereocenters. The van der Waals surface area contributed by atoms with Crippen LogP contribution in [0.4, 0.5) is 8.78 Å². The van der Waals surface area contributed by atoms with Crippen molar-refractivity contribution in [3.63, 3.8) is 0 Å². The molecule has 1 radical (unpaired) electrons. The van der Waals surface area contributed by atoms with Crippen LogP contribution >= 0.6 is 0 Å². The Kier molecular flexibility index (Phi) is 23.2. The molecule has 100 heavy (non-hydrogen) atoms. The third kappa shape index (κ3) is 17.8. The van der Waals surface area contributed by atoms with Gasteiger partial charge in [0.25, 0.3) is 0 Å². The summed E-state index contributed by atoms with van der Waals surface area (Å²) < 4.78 is 50.5. The molecule has 0 aliphatic carbocycles. The van der Waals surface area contributed by atoms with Gasteiger partial charge in [0.1, 0.15) is 34.6 Å². The van der Waals surface area contributed by atoms with Crippen LogP contribution in [0.25, 0.3) is 87.6 Å². The minimum atomic E-state index is -0.458. The first-order valence-corrected chi connectivity index (χ1v) is 35.7. The maximum absolute atomic E-state index is 16.0. The van der Waals surface area contributed by atoms with Crippen molar-refractivity contribution < 1.29 is 59.0 Å². The molecule has 5 nitrogen and oxygen atoms in total. The first kappa shape index (κ1) is 78.8. The first-order chi connectivity index (χ1) is 45.5. The van der Waals surface area contributed by atoms with Crippen molar-refractivity contribution in [2.45, 2.75) is 217 Å². The van der Waals surface area contributed by atoms with Gasteiger partial charge in [-0.05, 0) is 230 Å². The van der Waals surface area contributed by atoms with Crippen molar-refractivity contribution in [3.8, 4) is 67.5 Å². The summed E-state index contributed by atoms with van der Waals surface area (Å²) in [6.07, 6.45) is 4.62. The Balaban J connectivity index is 0.00000174. The van der Waals surface area contributed by atoms with Gasteiger partial charge in [-0.2, -0.15) is 0 Å². The van der Waals surface area contributed by atoms with Crippen LogP contribution < -0.4 is 9.47 Å². The number of aromatic hydroxyl groups is 2. The Hall–Kier alpha value is -6.87. The van der Waals surface area contributed by atoms with Gasteiger partial charge in [0.05, 0.1) is 13.2 Å². The smallest absolute Gasteiger partial charge is 0.131 e. The predicted molar refractivity (Wildman–Crippen MR) is 419 cm³/mol. The second kappa shape index (κ2) is 29.5.